The molecule has 3 amide bonds. The number of carbonyl (C=O) groups excluding carboxylic acids is 3. The third-order valence-corrected chi connectivity index (χ3v) is 5.93. The maximum atomic E-state index is 13.8. The minimum absolute atomic E-state index is 0.0734. The summed E-state index contributed by atoms with van der Waals surface area (Å²) in [5.74, 6) is -2.20. The van der Waals surface area contributed by atoms with Crippen molar-refractivity contribution in [3.8, 4) is 6.07 Å². The molecule has 1 atom stereocenters. The van der Waals surface area contributed by atoms with Crippen molar-refractivity contribution in [2.45, 2.75) is 19.3 Å². The molecule has 182 valence electrons. The largest absolute Gasteiger partial charge is 0.349 e. The molecule has 36 heavy (non-hydrogen) atoms. The lowest BCUT2D eigenvalue weighted by Gasteiger charge is -2.29. The molecule has 1 fully saturated rings. The lowest BCUT2D eigenvalue weighted by atomic mass is 10.1. The van der Waals surface area contributed by atoms with Gasteiger partial charge < -0.3 is 20.9 Å². The highest BCUT2D eigenvalue weighted by atomic mass is 19.1. The highest BCUT2D eigenvalue weighted by Crippen LogP contribution is 2.22. The fourth-order valence-electron chi connectivity index (χ4n) is 4.16. The van der Waals surface area contributed by atoms with Crippen molar-refractivity contribution >= 4 is 17.7 Å². The van der Waals surface area contributed by atoms with Gasteiger partial charge in [0.25, 0.3) is 17.7 Å². The molecule has 3 aromatic rings. The number of benzene rings is 3. The van der Waals surface area contributed by atoms with Crippen molar-refractivity contribution in [2.24, 2.45) is 5.73 Å². The van der Waals surface area contributed by atoms with Crippen LogP contribution in [0.25, 0.3) is 0 Å². The van der Waals surface area contributed by atoms with Crippen molar-refractivity contribution in [2.75, 3.05) is 13.1 Å². The van der Waals surface area contributed by atoms with Gasteiger partial charge in [-0.2, -0.15) is 5.26 Å². The van der Waals surface area contributed by atoms with Gasteiger partial charge in [0.2, 0.25) is 0 Å². The number of hydrogen-bond donors (Lipinski definition) is 2. The van der Waals surface area contributed by atoms with Gasteiger partial charge in [0.15, 0.2) is 6.17 Å². The van der Waals surface area contributed by atoms with E-state index in [9.17, 15) is 24.0 Å². The minimum Gasteiger partial charge on any atom is -0.349 e. The first-order chi connectivity index (χ1) is 17.4. The molecule has 3 N–H and O–H groups in total. The molecule has 0 radical (unpaired) electrons. The summed E-state index contributed by atoms with van der Waals surface area (Å²) in [4.78, 5) is 42.6. The first-order valence-corrected chi connectivity index (χ1v) is 11.3. The number of amides is 3. The molecule has 0 spiro atoms. The first kappa shape index (κ1) is 24.6. The Morgan fingerprint density at radius 3 is 2.17 bits per heavy atom. The summed E-state index contributed by atoms with van der Waals surface area (Å²) in [5, 5.41) is 12.0. The standard InChI is InChI=1S/C27H24FN5O3/c28-23-9-3-8-22(14-23)27(36)33-11-10-32(26(35)21-7-2-5-19(13-21)16-30)25(33)24(34)31-17-20-6-1-4-18(12-20)15-29/h1-9,12-14,25H,10-11,15,17,29H2,(H,31,34). The number of halogens is 1. The summed E-state index contributed by atoms with van der Waals surface area (Å²) in [6.45, 7) is 0.693. The van der Waals surface area contributed by atoms with Gasteiger partial charge in [-0.15, -0.1) is 0 Å². The van der Waals surface area contributed by atoms with E-state index in [0.717, 1.165) is 17.2 Å². The number of nitrogens with zero attached hydrogens (tertiary/aromatic N) is 3. The van der Waals surface area contributed by atoms with Crippen LogP contribution in [0, 0.1) is 17.1 Å². The maximum Gasteiger partial charge on any atom is 0.264 e. The fourth-order valence-corrected chi connectivity index (χ4v) is 4.16. The Balaban J connectivity index is 1.62. The van der Waals surface area contributed by atoms with Crippen LogP contribution in [0.1, 0.15) is 37.4 Å². The van der Waals surface area contributed by atoms with E-state index in [0.29, 0.717) is 12.1 Å². The van der Waals surface area contributed by atoms with Crippen molar-refractivity contribution < 1.29 is 18.8 Å². The SMILES string of the molecule is N#Cc1cccc(C(=O)N2CCN(C(=O)c3cccc(F)c3)C2C(=O)NCc2cccc(CN)c2)c1. The molecule has 4 rings (SSSR count). The van der Waals surface area contributed by atoms with Crippen molar-refractivity contribution in [3.63, 3.8) is 0 Å². The Bertz CT molecular complexity index is 1350. The lowest BCUT2D eigenvalue weighted by Crippen LogP contribution is -2.53. The molecular weight excluding hydrogens is 461 g/mol. The topological polar surface area (TPSA) is 120 Å². The van der Waals surface area contributed by atoms with Gasteiger partial charge in [-0.3, -0.25) is 14.4 Å². The summed E-state index contributed by atoms with van der Waals surface area (Å²) in [7, 11) is 0. The first-order valence-electron chi connectivity index (χ1n) is 11.3. The molecule has 0 aliphatic carbocycles. The van der Waals surface area contributed by atoms with E-state index in [4.69, 9.17) is 5.73 Å². The van der Waals surface area contributed by atoms with E-state index >= 15 is 0 Å². The average molecular weight is 486 g/mol. The zero-order valence-electron chi connectivity index (χ0n) is 19.4. The molecule has 1 aliphatic rings. The third kappa shape index (κ3) is 5.24. The van der Waals surface area contributed by atoms with Gasteiger partial charge >= 0.3 is 0 Å². The van der Waals surface area contributed by atoms with Crippen molar-refractivity contribution in [1.82, 2.24) is 15.1 Å². The van der Waals surface area contributed by atoms with Crippen LogP contribution >= 0.6 is 0 Å². The monoisotopic (exact) mass is 485 g/mol. The van der Waals surface area contributed by atoms with E-state index in [2.05, 4.69) is 5.32 Å². The lowest BCUT2D eigenvalue weighted by molar-refractivity contribution is -0.128. The smallest absolute Gasteiger partial charge is 0.264 e. The molecule has 3 aromatic carbocycles. The molecule has 8 nitrogen and oxygen atoms in total. The quantitative estimate of drug-likeness (QED) is 0.556. The van der Waals surface area contributed by atoms with Crippen LogP contribution in [-0.2, 0) is 17.9 Å². The number of nitrogens with two attached hydrogens (primary N) is 1. The molecule has 9 heteroatoms. The Morgan fingerprint density at radius 2 is 1.53 bits per heavy atom. The fraction of sp³-hybridized carbons (Fsp3) is 0.185. The average Bonchev–Trinajstić information content (AvgIpc) is 3.36. The molecule has 0 saturated carbocycles. The normalized spacial score (nSPS) is 14.9. The molecule has 1 aliphatic heterocycles. The number of carbonyl (C=O) groups is 3. The number of rotatable bonds is 6. The summed E-state index contributed by atoms with van der Waals surface area (Å²) >= 11 is 0. The summed E-state index contributed by atoms with van der Waals surface area (Å²) < 4.78 is 13.8. The highest BCUT2D eigenvalue weighted by Gasteiger charge is 2.43. The van der Waals surface area contributed by atoms with Crippen LogP contribution in [0.4, 0.5) is 4.39 Å². The molecule has 1 heterocycles. The predicted octanol–water partition coefficient (Wildman–Crippen LogP) is 2.40. The molecule has 1 unspecified atom stereocenters. The van der Waals surface area contributed by atoms with Gasteiger partial charge in [0.05, 0.1) is 11.6 Å². The second-order valence-electron chi connectivity index (χ2n) is 8.32. The molecule has 0 aromatic heterocycles. The highest BCUT2D eigenvalue weighted by molar-refractivity contribution is 6.02. The Labute approximate surface area is 207 Å². The van der Waals surface area contributed by atoms with E-state index in [-0.39, 0.29) is 30.8 Å². The summed E-state index contributed by atoms with van der Waals surface area (Å²) in [5.41, 5.74) is 8.01. The predicted molar refractivity (Wildman–Crippen MR) is 130 cm³/mol. The second-order valence-corrected chi connectivity index (χ2v) is 8.32. The molecular formula is C27H24FN5O3. The third-order valence-electron chi connectivity index (χ3n) is 5.93. The van der Waals surface area contributed by atoms with Crippen LogP contribution in [0.5, 0.6) is 0 Å². The van der Waals surface area contributed by atoms with Crippen molar-refractivity contribution in [3.05, 3.63) is 106 Å². The van der Waals surface area contributed by atoms with E-state index in [1.807, 2.05) is 30.3 Å². The van der Waals surface area contributed by atoms with Gasteiger partial charge in [0.1, 0.15) is 5.82 Å². The van der Waals surface area contributed by atoms with Gasteiger partial charge in [-0.1, -0.05) is 36.4 Å². The summed E-state index contributed by atoms with van der Waals surface area (Å²) in [6, 6.07) is 20.7. The maximum absolute atomic E-state index is 13.8. The minimum atomic E-state index is -1.25. The van der Waals surface area contributed by atoms with Crippen LogP contribution in [-0.4, -0.2) is 46.8 Å². The van der Waals surface area contributed by atoms with E-state index in [1.165, 1.54) is 34.1 Å². The van der Waals surface area contributed by atoms with E-state index in [1.54, 1.807) is 18.2 Å². The number of nitrogens with one attached hydrogen (secondary N) is 1. The van der Waals surface area contributed by atoms with Gasteiger partial charge in [0, 0.05) is 37.3 Å². The van der Waals surface area contributed by atoms with E-state index < -0.39 is 29.7 Å². The zero-order chi connectivity index (χ0) is 25.7. The Hall–Kier alpha value is -4.55. The van der Waals surface area contributed by atoms with Crippen LogP contribution in [0.2, 0.25) is 0 Å². The molecule has 0 bridgehead atoms. The van der Waals surface area contributed by atoms with Crippen LogP contribution < -0.4 is 11.1 Å². The van der Waals surface area contributed by atoms with Crippen LogP contribution in [0.15, 0.2) is 72.8 Å². The number of hydrogen-bond acceptors (Lipinski definition) is 5. The molecule has 1 saturated heterocycles. The van der Waals surface area contributed by atoms with Gasteiger partial charge in [-0.25, -0.2) is 4.39 Å². The van der Waals surface area contributed by atoms with Crippen LogP contribution in [0.3, 0.4) is 0 Å². The zero-order valence-corrected chi connectivity index (χ0v) is 19.4. The van der Waals surface area contributed by atoms with Gasteiger partial charge in [-0.05, 0) is 47.5 Å². The number of nitriles is 1. The Kier molecular flexibility index (Phi) is 7.37. The summed E-state index contributed by atoms with van der Waals surface area (Å²) in [6.07, 6.45) is -1.25. The second kappa shape index (κ2) is 10.8. The van der Waals surface area contributed by atoms with Crippen molar-refractivity contribution in [1.29, 1.82) is 5.26 Å². The Morgan fingerprint density at radius 1 is 0.917 bits per heavy atom.